The first-order chi connectivity index (χ1) is 9.70. The molecule has 0 radical (unpaired) electrons. The standard InChI is InChI=1S/C14H14ClN3OS/c15-10-1-3-13(4-2-10)19-9-11(16)7-12-8-18-5-6-20-14(18)17-12/h1-6,8,11H,7,9,16H2. The van der Waals surface area contributed by atoms with Gasteiger partial charge in [-0.05, 0) is 24.3 Å². The zero-order chi connectivity index (χ0) is 13.9. The van der Waals surface area contributed by atoms with Gasteiger partial charge in [0.25, 0.3) is 0 Å². The predicted molar refractivity (Wildman–Crippen MR) is 81.7 cm³/mol. The van der Waals surface area contributed by atoms with Gasteiger partial charge in [-0.3, -0.25) is 4.40 Å². The zero-order valence-electron chi connectivity index (χ0n) is 10.7. The van der Waals surface area contributed by atoms with Gasteiger partial charge >= 0.3 is 0 Å². The van der Waals surface area contributed by atoms with Gasteiger partial charge in [-0.1, -0.05) is 11.6 Å². The van der Waals surface area contributed by atoms with E-state index in [2.05, 4.69) is 4.98 Å². The molecule has 2 heterocycles. The highest BCUT2D eigenvalue weighted by Gasteiger charge is 2.09. The number of imidazole rings is 1. The van der Waals surface area contributed by atoms with E-state index in [1.54, 1.807) is 23.5 Å². The molecule has 2 N–H and O–H groups in total. The summed E-state index contributed by atoms with van der Waals surface area (Å²) in [7, 11) is 0. The molecule has 1 unspecified atom stereocenters. The van der Waals surface area contributed by atoms with Crippen LogP contribution in [0.25, 0.3) is 4.96 Å². The molecular weight excluding hydrogens is 294 g/mol. The molecule has 0 saturated carbocycles. The van der Waals surface area contributed by atoms with Crippen LogP contribution in [0.5, 0.6) is 5.75 Å². The lowest BCUT2D eigenvalue weighted by Crippen LogP contribution is -2.30. The minimum absolute atomic E-state index is 0.0877. The monoisotopic (exact) mass is 307 g/mol. The molecule has 0 saturated heterocycles. The number of benzene rings is 1. The number of hydrogen-bond acceptors (Lipinski definition) is 4. The van der Waals surface area contributed by atoms with Gasteiger partial charge in [0.2, 0.25) is 0 Å². The summed E-state index contributed by atoms with van der Waals surface area (Å²) in [4.78, 5) is 5.50. The molecule has 0 amide bonds. The molecule has 1 atom stereocenters. The molecule has 6 heteroatoms. The molecular formula is C14H14ClN3OS. The van der Waals surface area contributed by atoms with Gasteiger partial charge in [0.1, 0.15) is 12.4 Å². The highest BCUT2D eigenvalue weighted by atomic mass is 35.5. The van der Waals surface area contributed by atoms with E-state index >= 15 is 0 Å². The van der Waals surface area contributed by atoms with E-state index in [0.717, 1.165) is 16.4 Å². The van der Waals surface area contributed by atoms with Crippen LogP contribution in [0.1, 0.15) is 5.69 Å². The Balaban J connectivity index is 1.55. The molecule has 1 aromatic carbocycles. The first-order valence-electron chi connectivity index (χ1n) is 6.26. The molecule has 0 aliphatic rings. The third-order valence-corrected chi connectivity index (χ3v) is 3.91. The Kier molecular flexibility index (Phi) is 3.91. The Morgan fingerprint density at radius 2 is 2.15 bits per heavy atom. The van der Waals surface area contributed by atoms with Crippen molar-refractivity contribution >= 4 is 27.9 Å². The van der Waals surface area contributed by atoms with E-state index in [1.165, 1.54) is 0 Å². The van der Waals surface area contributed by atoms with Crippen LogP contribution in [0.15, 0.2) is 42.0 Å². The largest absolute Gasteiger partial charge is 0.492 e. The van der Waals surface area contributed by atoms with Gasteiger partial charge in [0.05, 0.1) is 5.69 Å². The number of rotatable bonds is 5. The third-order valence-electron chi connectivity index (χ3n) is 2.89. The lowest BCUT2D eigenvalue weighted by Gasteiger charge is -2.12. The Hall–Kier alpha value is -1.56. The molecule has 2 aromatic heterocycles. The molecule has 0 bridgehead atoms. The minimum atomic E-state index is -0.0877. The number of aromatic nitrogens is 2. The summed E-state index contributed by atoms with van der Waals surface area (Å²) in [5.41, 5.74) is 7.07. The first kappa shape index (κ1) is 13.4. The summed E-state index contributed by atoms with van der Waals surface area (Å²) in [5.74, 6) is 0.774. The lowest BCUT2D eigenvalue weighted by atomic mass is 10.2. The van der Waals surface area contributed by atoms with Crippen molar-refractivity contribution < 1.29 is 4.74 Å². The van der Waals surface area contributed by atoms with E-state index < -0.39 is 0 Å². The van der Waals surface area contributed by atoms with Gasteiger partial charge < -0.3 is 10.5 Å². The molecule has 3 rings (SSSR count). The Labute approximate surface area is 125 Å². The summed E-state index contributed by atoms with van der Waals surface area (Å²) in [5, 5.41) is 2.70. The van der Waals surface area contributed by atoms with Crippen LogP contribution < -0.4 is 10.5 Å². The fourth-order valence-electron chi connectivity index (χ4n) is 1.94. The molecule has 0 fully saturated rings. The topological polar surface area (TPSA) is 52.5 Å². The molecule has 4 nitrogen and oxygen atoms in total. The highest BCUT2D eigenvalue weighted by Crippen LogP contribution is 2.16. The summed E-state index contributed by atoms with van der Waals surface area (Å²) in [6.45, 7) is 0.451. The smallest absolute Gasteiger partial charge is 0.193 e. The average Bonchev–Trinajstić information content (AvgIpc) is 2.99. The number of nitrogens with two attached hydrogens (primary N) is 1. The maximum absolute atomic E-state index is 6.08. The fraction of sp³-hybridized carbons (Fsp3) is 0.214. The van der Waals surface area contributed by atoms with Crippen molar-refractivity contribution in [2.75, 3.05) is 6.61 Å². The van der Waals surface area contributed by atoms with E-state index in [4.69, 9.17) is 22.1 Å². The zero-order valence-corrected chi connectivity index (χ0v) is 12.3. The minimum Gasteiger partial charge on any atom is -0.492 e. The van der Waals surface area contributed by atoms with Gasteiger partial charge in [-0.15, -0.1) is 11.3 Å². The van der Waals surface area contributed by atoms with Crippen molar-refractivity contribution in [3.8, 4) is 5.75 Å². The second-order valence-corrected chi connectivity index (χ2v) is 5.86. The van der Waals surface area contributed by atoms with Crippen LogP contribution in [-0.2, 0) is 6.42 Å². The number of hydrogen-bond donors (Lipinski definition) is 1. The normalized spacial score (nSPS) is 12.7. The van der Waals surface area contributed by atoms with Crippen LogP contribution in [-0.4, -0.2) is 22.0 Å². The van der Waals surface area contributed by atoms with Crippen molar-refractivity contribution in [1.82, 2.24) is 9.38 Å². The third kappa shape index (κ3) is 3.12. The molecule has 0 spiro atoms. The highest BCUT2D eigenvalue weighted by molar-refractivity contribution is 7.15. The Morgan fingerprint density at radius 1 is 1.35 bits per heavy atom. The average molecular weight is 308 g/mol. The molecule has 20 heavy (non-hydrogen) atoms. The maximum Gasteiger partial charge on any atom is 0.193 e. The van der Waals surface area contributed by atoms with Crippen LogP contribution in [0.4, 0.5) is 0 Å². The van der Waals surface area contributed by atoms with E-state index in [0.29, 0.717) is 18.1 Å². The number of thiazole rings is 1. The van der Waals surface area contributed by atoms with Gasteiger partial charge in [0.15, 0.2) is 4.96 Å². The van der Waals surface area contributed by atoms with Crippen molar-refractivity contribution in [3.63, 3.8) is 0 Å². The van der Waals surface area contributed by atoms with Crippen LogP contribution in [0.2, 0.25) is 5.02 Å². The van der Waals surface area contributed by atoms with Crippen LogP contribution >= 0.6 is 22.9 Å². The fourth-order valence-corrected chi connectivity index (χ4v) is 2.78. The van der Waals surface area contributed by atoms with Crippen molar-refractivity contribution in [1.29, 1.82) is 0 Å². The quantitative estimate of drug-likeness (QED) is 0.788. The number of halogens is 1. The summed E-state index contributed by atoms with van der Waals surface area (Å²) in [6, 6.07) is 7.18. The van der Waals surface area contributed by atoms with Gasteiger partial charge in [-0.2, -0.15) is 0 Å². The van der Waals surface area contributed by atoms with Crippen LogP contribution in [0.3, 0.4) is 0 Å². The SMILES string of the molecule is NC(COc1ccc(Cl)cc1)Cc1cn2ccsc2n1. The maximum atomic E-state index is 6.08. The van der Waals surface area contributed by atoms with Gasteiger partial charge in [0, 0.05) is 35.3 Å². The Bertz CT molecular complexity index is 663. The summed E-state index contributed by atoms with van der Waals surface area (Å²) < 4.78 is 7.64. The number of nitrogens with zero attached hydrogens (tertiary/aromatic N) is 2. The second kappa shape index (κ2) is 5.83. The number of fused-ring (bicyclic) bond motifs is 1. The first-order valence-corrected chi connectivity index (χ1v) is 7.51. The second-order valence-electron chi connectivity index (χ2n) is 4.55. The van der Waals surface area contributed by atoms with Crippen molar-refractivity contribution in [3.05, 3.63) is 52.8 Å². The molecule has 104 valence electrons. The van der Waals surface area contributed by atoms with E-state index in [9.17, 15) is 0 Å². The van der Waals surface area contributed by atoms with Crippen molar-refractivity contribution in [2.24, 2.45) is 5.73 Å². The number of ether oxygens (including phenoxy) is 1. The van der Waals surface area contributed by atoms with E-state index in [1.807, 2.05) is 34.3 Å². The van der Waals surface area contributed by atoms with Crippen molar-refractivity contribution in [2.45, 2.75) is 12.5 Å². The van der Waals surface area contributed by atoms with Crippen LogP contribution in [0, 0.1) is 0 Å². The van der Waals surface area contributed by atoms with E-state index in [-0.39, 0.29) is 6.04 Å². The van der Waals surface area contributed by atoms with Gasteiger partial charge in [-0.25, -0.2) is 4.98 Å². The summed E-state index contributed by atoms with van der Waals surface area (Å²) in [6.07, 6.45) is 4.70. The Morgan fingerprint density at radius 3 is 2.90 bits per heavy atom. The lowest BCUT2D eigenvalue weighted by molar-refractivity contribution is 0.287. The summed E-state index contributed by atoms with van der Waals surface area (Å²) >= 11 is 7.43. The molecule has 3 aromatic rings. The molecule has 0 aliphatic carbocycles. The predicted octanol–water partition coefficient (Wildman–Crippen LogP) is 3.00. The molecule has 0 aliphatic heterocycles.